The smallest absolute Gasteiger partial charge is 0.303 e. The number of aromatic amines is 1. The lowest BCUT2D eigenvalue weighted by atomic mass is 10.3. The second-order valence-corrected chi connectivity index (χ2v) is 3.70. The van der Waals surface area contributed by atoms with Crippen molar-refractivity contribution in [1.82, 2.24) is 9.97 Å². The van der Waals surface area contributed by atoms with Crippen LogP contribution in [-0.2, 0) is 11.2 Å². The maximum atomic E-state index is 10.4. The lowest BCUT2D eigenvalue weighted by molar-refractivity contribution is -0.137. The van der Waals surface area contributed by atoms with Crippen LogP contribution < -0.4 is 10.7 Å². The Hall–Kier alpha value is -1.55. The lowest BCUT2D eigenvalue weighted by Crippen LogP contribution is -2.22. The number of allylic oxidation sites excluding steroid dienone is 2. The van der Waals surface area contributed by atoms with Crippen molar-refractivity contribution in [2.24, 2.45) is 0 Å². The number of aliphatic carboxylic acids is 1. The van der Waals surface area contributed by atoms with Gasteiger partial charge in [0, 0.05) is 11.5 Å². The number of H-pyrrole nitrogens is 1. The van der Waals surface area contributed by atoms with Gasteiger partial charge >= 0.3 is 5.97 Å². The number of hydrogen-bond donors (Lipinski definition) is 2. The van der Waals surface area contributed by atoms with Gasteiger partial charge in [0.25, 0.3) is 0 Å². The lowest BCUT2D eigenvalue weighted by Gasteiger charge is -1.89. The van der Waals surface area contributed by atoms with Gasteiger partial charge in [0.05, 0.1) is 17.1 Å². The molecule has 0 amide bonds. The van der Waals surface area contributed by atoms with Crippen molar-refractivity contribution in [3.63, 3.8) is 0 Å². The Morgan fingerprint density at radius 2 is 2.38 bits per heavy atom. The molecule has 86 valence electrons. The average molecular weight is 241 g/mol. The highest BCUT2D eigenvalue weighted by molar-refractivity contribution is 6.33. The maximum Gasteiger partial charge on any atom is 0.303 e. The Balaban J connectivity index is 2.95. The number of hydrogen-bond acceptors (Lipinski definition) is 2. The minimum absolute atomic E-state index is 0.0454. The summed E-state index contributed by atoms with van der Waals surface area (Å²) in [5.74, 6) is -0.238. The van der Waals surface area contributed by atoms with Crippen LogP contribution in [0.25, 0.3) is 12.7 Å². The van der Waals surface area contributed by atoms with E-state index in [4.69, 9.17) is 16.7 Å². The molecule has 0 fully saturated rings. The fourth-order valence-electron chi connectivity index (χ4n) is 1.16. The molecule has 0 aliphatic heterocycles. The molecular formula is C11H13ClN2O2. The second kappa shape index (κ2) is 5.51. The van der Waals surface area contributed by atoms with Crippen molar-refractivity contribution in [3.8, 4) is 0 Å². The van der Waals surface area contributed by atoms with E-state index in [9.17, 15) is 4.79 Å². The molecule has 0 saturated carbocycles. The normalized spacial score (nSPS) is 13.1. The first-order valence-electron chi connectivity index (χ1n) is 4.82. The summed E-state index contributed by atoms with van der Waals surface area (Å²) in [5, 5.41) is 10.4. The van der Waals surface area contributed by atoms with Crippen molar-refractivity contribution in [1.29, 1.82) is 0 Å². The van der Waals surface area contributed by atoms with Crippen molar-refractivity contribution < 1.29 is 9.90 Å². The fraction of sp³-hybridized carbons (Fsp3) is 0.273. The molecule has 0 aliphatic carbocycles. The summed E-state index contributed by atoms with van der Waals surface area (Å²) in [6.07, 6.45) is 3.83. The predicted molar refractivity (Wildman–Crippen MR) is 63.4 cm³/mol. The van der Waals surface area contributed by atoms with Gasteiger partial charge in [-0.2, -0.15) is 0 Å². The second-order valence-electron chi connectivity index (χ2n) is 3.26. The van der Waals surface area contributed by atoms with Crippen LogP contribution in [0.5, 0.6) is 0 Å². The van der Waals surface area contributed by atoms with Crippen LogP contribution in [0.1, 0.15) is 19.2 Å². The van der Waals surface area contributed by atoms with Crippen LogP contribution >= 0.6 is 11.6 Å². The molecule has 0 atom stereocenters. The van der Waals surface area contributed by atoms with Gasteiger partial charge in [-0.05, 0) is 13.0 Å². The molecule has 0 unspecified atom stereocenters. The Morgan fingerprint density at radius 3 is 2.94 bits per heavy atom. The average Bonchev–Trinajstić information content (AvgIpc) is 2.56. The molecule has 0 bridgehead atoms. The van der Waals surface area contributed by atoms with Gasteiger partial charge in [-0.15, -0.1) is 0 Å². The Labute approximate surface area is 98.0 Å². The third-order valence-corrected chi connectivity index (χ3v) is 2.31. The van der Waals surface area contributed by atoms with Gasteiger partial charge in [-0.1, -0.05) is 24.3 Å². The molecule has 5 heteroatoms. The van der Waals surface area contributed by atoms with Crippen LogP contribution in [0.4, 0.5) is 0 Å². The molecule has 2 N–H and O–H groups in total. The van der Waals surface area contributed by atoms with Crippen LogP contribution in [0.2, 0.25) is 0 Å². The zero-order valence-corrected chi connectivity index (χ0v) is 9.71. The van der Waals surface area contributed by atoms with Crippen molar-refractivity contribution in [3.05, 3.63) is 27.6 Å². The number of aromatic nitrogens is 2. The van der Waals surface area contributed by atoms with E-state index in [-0.39, 0.29) is 6.42 Å². The predicted octanol–water partition coefficient (Wildman–Crippen LogP) is 0.760. The fourth-order valence-corrected chi connectivity index (χ4v) is 1.26. The summed E-state index contributed by atoms with van der Waals surface area (Å²) >= 11 is 5.84. The molecule has 0 aliphatic rings. The molecule has 0 saturated heterocycles. The van der Waals surface area contributed by atoms with Gasteiger partial charge in [0.2, 0.25) is 0 Å². The van der Waals surface area contributed by atoms with E-state index in [1.54, 1.807) is 12.2 Å². The SMILES string of the molecule is C=c1[nH]c(CCC(=O)O)nc1=CC(Cl)=CC. The van der Waals surface area contributed by atoms with E-state index in [0.717, 1.165) is 0 Å². The number of carboxylic acid groups (broad SMARTS) is 1. The van der Waals surface area contributed by atoms with Gasteiger partial charge in [-0.3, -0.25) is 4.79 Å². The highest BCUT2D eigenvalue weighted by atomic mass is 35.5. The first-order chi connectivity index (χ1) is 7.52. The van der Waals surface area contributed by atoms with E-state index >= 15 is 0 Å². The molecule has 4 nitrogen and oxygen atoms in total. The van der Waals surface area contributed by atoms with Gasteiger partial charge in [0.15, 0.2) is 0 Å². The third kappa shape index (κ3) is 3.55. The molecule has 0 aromatic carbocycles. The largest absolute Gasteiger partial charge is 0.481 e. The topological polar surface area (TPSA) is 66.0 Å². The molecule has 1 aromatic heterocycles. The molecule has 16 heavy (non-hydrogen) atoms. The molecule has 1 heterocycles. The maximum absolute atomic E-state index is 10.4. The van der Waals surface area contributed by atoms with Crippen molar-refractivity contribution in [2.45, 2.75) is 19.8 Å². The molecule has 0 spiro atoms. The number of nitrogens with one attached hydrogen (secondary N) is 1. The minimum Gasteiger partial charge on any atom is -0.481 e. The van der Waals surface area contributed by atoms with Crippen LogP contribution in [-0.4, -0.2) is 21.0 Å². The van der Waals surface area contributed by atoms with E-state index in [1.807, 2.05) is 6.92 Å². The quantitative estimate of drug-likeness (QED) is 0.817. The first kappa shape index (κ1) is 12.5. The van der Waals surface area contributed by atoms with Gasteiger partial charge in [-0.25, -0.2) is 4.98 Å². The summed E-state index contributed by atoms with van der Waals surface area (Å²) < 4.78 is 0. The van der Waals surface area contributed by atoms with E-state index in [0.29, 0.717) is 28.0 Å². The standard InChI is InChI=1S/C11H13ClN2O2/c1-3-8(12)6-9-7(2)13-10(14-9)4-5-11(15)16/h3,6H,2,4-5H2,1H3,(H,13,14)(H,15,16). The van der Waals surface area contributed by atoms with E-state index < -0.39 is 5.97 Å². The first-order valence-corrected chi connectivity index (χ1v) is 5.20. The highest BCUT2D eigenvalue weighted by Crippen LogP contribution is 2.00. The van der Waals surface area contributed by atoms with E-state index in [1.165, 1.54) is 0 Å². The van der Waals surface area contributed by atoms with Crippen molar-refractivity contribution >= 4 is 30.2 Å². The summed E-state index contributed by atoms with van der Waals surface area (Å²) in [6.45, 7) is 5.59. The number of carboxylic acids is 1. The van der Waals surface area contributed by atoms with Gasteiger partial charge in [0.1, 0.15) is 5.82 Å². The van der Waals surface area contributed by atoms with Crippen LogP contribution in [0.3, 0.4) is 0 Å². The van der Waals surface area contributed by atoms with Gasteiger partial charge < -0.3 is 10.1 Å². The molecule has 0 radical (unpaired) electrons. The molecule has 1 rings (SSSR count). The monoisotopic (exact) mass is 240 g/mol. The van der Waals surface area contributed by atoms with Crippen LogP contribution in [0, 0.1) is 0 Å². The number of carbonyl (C=O) groups is 1. The van der Waals surface area contributed by atoms with Crippen LogP contribution in [0.15, 0.2) is 11.1 Å². The molecular weight excluding hydrogens is 228 g/mol. The number of halogens is 1. The summed E-state index contributed by atoms with van der Waals surface area (Å²) in [5.41, 5.74) is 0. The van der Waals surface area contributed by atoms with E-state index in [2.05, 4.69) is 16.5 Å². The number of imidazole rings is 1. The summed E-state index contributed by atoms with van der Waals surface area (Å²) in [7, 11) is 0. The number of nitrogens with zero attached hydrogens (tertiary/aromatic N) is 1. The highest BCUT2D eigenvalue weighted by Gasteiger charge is 2.02. The summed E-state index contributed by atoms with van der Waals surface area (Å²) in [4.78, 5) is 17.5. The number of aryl methyl sites for hydroxylation is 1. The van der Waals surface area contributed by atoms with Crippen molar-refractivity contribution in [2.75, 3.05) is 0 Å². The zero-order chi connectivity index (χ0) is 12.1. The Bertz CT molecular complexity index is 517. The number of rotatable bonds is 4. The minimum atomic E-state index is -0.848. The zero-order valence-electron chi connectivity index (χ0n) is 8.96. The molecule has 1 aromatic rings. The Kier molecular flexibility index (Phi) is 4.31. The summed E-state index contributed by atoms with van der Waals surface area (Å²) in [6, 6.07) is 0. The Morgan fingerprint density at radius 1 is 1.69 bits per heavy atom. The third-order valence-electron chi connectivity index (χ3n) is 1.99.